The van der Waals surface area contributed by atoms with E-state index in [2.05, 4.69) is 33.2 Å². The molecule has 1 aliphatic rings. The van der Waals surface area contributed by atoms with Crippen molar-refractivity contribution in [1.82, 2.24) is 14.8 Å². The lowest BCUT2D eigenvalue weighted by Gasteiger charge is -2.28. The summed E-state index contributed by atoms with van der Waals surface area (Å²) < 4.78 is 14.6. The van der Waals surface area contributed by atoms with Crippen LogP contribution >= 0.6 is 39.3 Å². The van der Waals surface area contributed by atoms with Gasteiger partial charge in [0.2, 0.25) is 11.1 Å². The summed E-state index contributed by atoms with van der Waals surface area (Å²) in [5.41, 5.74) is 3.09. The number of nitrogens with one attached hydrogen (secondary N) is 1. The van der Waals surface area contributed by atoms with Gasteiger partial charge in [0, 0.05) is 27.6 Å². The van der Waals surface area contributed by atoms with Gasteiger partial charge in [-0.25, -0.2) is 4.68 Å². The molecule has 1 aromatic heterocycles. The number of allylic oxidation sites excluding steroid dienone is 2. The van der Waals surface area contributed by atoms with Crippen molar-refractivity contribution in [3.05, 3.63) is 68.3 Å². The Morgan fingerprint density at radius 1 is 1.25 bits per heavy atom. The molecular weight excluding hydrogens is 564 g/mol. The van der Waals surface area contributed by atoms with E-state index in [1.54, 1.807) is 23.4 Å². The van der Waals surface area contributed by atoms with Gasteiger partial charge in [-0.3, -0.25) is 4.79 Å². The molecule has 0 saturated heterocycles. The van der Waals surface area contributed by atoms with Crippen molar-refractivity contribution >= 4 is 51.0 Å². The number of carbonyl (C=O) groups is 1. The zero-order valence-electron chi connectivity index (χ0n) is 20.6. The summed E-state index contributed by atoms with van der Waals surface area (Å²) in [5.74, 6) is 2.61. The van der Waals surface area contributed by atoms with Crippen LogP contribution in [0.4, 0.5) is 5.95 Å². The van der Waals surface area contributed by atoms with Crippen LogP contribution in [0.1, 0.15) is 51.3 Å². The second-order valence-electron chi connectivity index (χ2n) is 8.28. The Balaban J connectivity index is 1.76. The van der Waals surface area contributed by atoms with Gasteiger partial charge in [-0.1, -0.05) is 48.5 Å². The molecule has 4 rings (SSSR count). The van der Waals surface area contributed by atoms with Crippen molar-refractivity contribution < 1.29 is 14.3 Å². The van der Waals surface area contributed by atoms with Crippen LogP contribution in [0.5, 0.6) is 11.5 Å². The summed E-state index contributed by atoms with van der Waals surface area (Å²) >= 11 is 11.6. The first kappa shape index (κ1) is 26.6. The van der Waals surface area contributed by atoms with Crippen molar-refractivity contribution in [3.63, 3.8) is 0 Å². The largest absolute Gasteiger partial charge is 0.490 e. The van der Waals surface area contributed by atoms with Crippen molar-refractivity contribution in [3.8, 4) is 11.5 Å². The number of halogens is 2. The maximum absolute atomic E-state index is 12.8. The highest BCUT2D eigenvalue weighted by Gasteiger charge is 2.34. The summed E-state index contributed by atoms with van der Waals surface area (Å²) in [6, 6.07) is 11.0. The van der Waals surface area contributed by atoms with E-state index in [9.17, 15) is 4.79 Å². The van der Waals surface area contributed by atoms with Crippen LogP contribution in [-0.2, 0) is 11.4 Å². The first-order valence-corrected chi connectivity index (χ1v) is 13.9. The molecule has 2 heterocycles. The highest BCUT2D eigenvalue weighted by atomic mass is 79.9. The third kappa shape index (κ3) is 5.58. The molecule has 190 valence electrons. The van der Waals surface area contributed by atoms with E-state index >= 15 is 0 Å². The van der Waals surface area contributed by atoms with Crippen LogP contribution < -0.4 is 14.8 Å². The molecule has 0 fully saturated rings. The zero-order chi connectivity index (χ0) is 25.8. The maximum Gasteiger partial charge on any atom is 0.227 e. The van der Waals surface area contributed by atoms with Gasteiger partial charge in [0.15, 0.2) is 17.3 Å². The molecule has 3 aromatic rings. The average Bonchev–Trinajstić information content (AvgIpc) is 3.24. The van der Waals surface area contributed by atoms with Gasteiger partial charge < -0.3 is 14.8 Å². The van der Waals surface area contributed by atoms with Gasteiger partial charge in [0.25, 0.3) is 0 Å². The number of fused-ring (bicyclic) bond motifs is 1. The number of carbonyl (C=O) groups excluding carboxylic acids is 1. The minimum atomic E-state index is -0.463. The fourth-order valence-electron chi connectivity index (χ4n) is 4.06. The Labute approximate surface area is 228 Å². The lowest BCUT2D eigenvalue weighted by Crippen LogP contribution is -2.28. The Morgan fingerprint density at radius 3 is 2.72 bits per heavy atom. The molecule has 0 aliphatic carbocycles. The van der Waals surface area contributed by atoms with E-state index in [-0.39, 0.29) is 12.4 Å². The number of ether oxygens (including phenoxy) is 2. The van der Waals surface area contributed by atoms with E-state index in [1.165, 1.54) is 0 Å². The first-order chi connectivity index (χ1) is 17.3. The summed E-state index contributed by atoms with van der Waals surface area (Å²) in [5, 5.41) is 9.31. The van der Waals surface area contributed by atoms with Crippen LogP contribution in [0, 0.1) is 0 Å². The second-order valence-corrected chi connectivity index (χ2v) is 10.6. The Hall–Kier alpha value is -2.49. The molecule has 0 amide bonds. The van der Waals surface area contributed by atoms with Crippen LogP contribution in [0.25, 0.3) is 0 Å². The first-order valence-electron chi connectivity index (χ1n) is 11.7. The molecule has 7 nitrogen and oxygen atoms in total. The maximum atomic E-state index is 12.8. The molecule has 36 heavy (non-hydrogen) atoms. The Morgan fingerprint density at radius 2 is 2.03 bits per heavy atom. The predicted octanol–water partition coefficient (Wildman–Crippen LogP) is 7.05. The molecule has 0 saturated carbocycles. The third-order valence-corrected chi connectivity index (χ3v) is 7.63. The van der Waals surface area contributed by atoms with Crippen molar-refractivity contribution in [1.29, 1.82) is 0 Å². The number of hydrogen-bond acceptors (Lipinski definition) is 7. The molecule has 10 heteroatoms. The van der Waals surface area contributed by atoms with Crippen LogP contribution in [0.2, 0.25) is 5.02 Å². The number of thioether (sulfide) groups is 1. The standard InChI is InChI=1S/C26H28BrClN4O3S/c1-5-11-36-26-30-25-29-15(3)22(16(4)33)23(32(25)31-26)18-12-19(27)24(21(13-18)34-6-2)35-14-17-9-7-8-10-20(17)28/h7-10,12-13,23H,5-6,11,14H2,1-4H3,(H,29,30,31). The number of benzene rings is 2. The molecule has 0 spiro atoms. The number of Topliss-reactive ketones (excluding diaryl/α,β-unsaturated/α-hetero) is 1. The molecule has 1 N–H and O–H groups in total. The van der Waals surface area contributed by atoms with Gasteiger partial charge in [-0.15, -0.1) is 5.10 Å². The smallest absolute Gasteiger partial charge is 0.227 e. The number of rotatable bonds is 10. The molecule has 1 aliphatic heterocycles. The summed E-state index contributed by atoms with van der Waals surface area (Å²) in [4.78, 5) is 17.4. The average molecular weight is 592 g/mol. The highest BCUT2D eigenvalue weighted by Crippen LogP contribution is 2.43. The van der Waals surface area contributed by atoms with Gasteiger partial charge in [-0.2, -0.15) is 4.98 Å². The quantitative estimate of drug-likeness (QED) is 0.253. The lowest BCUT2D eigenvalue weighted by molar-refractivity contribution is -0.114. The molecule has 0 bridgehead atoms. The van der Waals surface area contributed by atoms with Gasteiger partial charge >= 0.3 is 0 Å². The molecule has 1 unspecified atom stereocenters. The molecule has 1 atom stereocenters. The summed E-state index contributed by atoms with van der Waals surface area (Å²) in [7, 11) is 0. The van der Waals surface area contributed by atoms with E-state index < -0.39 is 6.04 Å². The zero-order valence-corrected chi connectivity index (χ0v) is 23.8. The lowest BCUT2D eigenvalue weighted by atomic mass is 9.93. The number of ketones is 1. The van der Waals surface area contributed by atoms with E-state index in [1.807, 2.05) is 50.2 Å². The van der Waals surface area contributed by atoms with Crippen LogP contribution in [0.15, 0.2) is 57.3 Å². The second kappa shape index (κ2) is 11.7. The summed E-state index contributed by atoms with van der Waals surface area (Å²) in [6.45, 7) is 8.23. The highest BCUT2D eigenvalue weighted by molar-refractivity contribution is 9.10. The SMILES string of the molecule is CCCSc1nc2n(n1)C(c1cc(Br)c(OCc3ccccc3Cl)c(OCC)c1)C(C(C)=O)=C(C)N2. The van der Waals surface area contributed by atoms with Crippen LogP contribution in [-0.4, -0.2) is 32.9 Å². The third-order valence-electron chi connectivity index (χ3n) is 5.63. The fraction of sp³-hybridized carbons (Fsp3) is 0.346. The minimum Gasteiger partial charge on any atom is -0.490 e. The fourth-order valence-corrected chi connectivity index (χ4v) is 5.51. The van der Waals surface area contributed by atoms with Crippen molar-refractivity contribution in [2.45, 2.75) is 51.9 Å². The number of aromatic nitrogens is 3. The Kier molecular flexibility index (Phi) is 8.64. The minimum absolute atomic E-state index is 0.0398. The molecular formula is C26H28BrClN4O3S. The number of anilines is 1. The topological polar surface area (TPSA) is 78.3 Å². The van der Waals surface area contributed by atoms with Crippen LogP contribution in [0.3, 0.4) is 0 Å². The Bertz CT molecular complexity index is 1310. The number of hydrogen-bond donors (Lipinski definition) is 1. The van der Waals surface area contributed by atoms with Gasteiger partial charge in [0.1, 0.15) is 12.6 Å². The normalized spacial score (nSPS) is 14.9. The monoisotopic (exact) mass is 590 g/mol. The molecule has 2 aromatic carbocycles. The van der Waals surface area contributed by atoms with E-state index in [4.69, 9.17) is 26.2 Å². The van der Waals surface area contributed by atoms with Gasteiger partial charge in [0.05, 0.1) is 11.1 Å². The van der Waals surface area contributed by atoms with Crippen molar-refractivity contribution in [2.24, 2.45) is 0 Å². The summed E-state index contributed by atoms with van der Waals surface area (Å²) in [6.07, 6.45) is 1.02. The molecule has 0 radical (unpaired) electrons. The van der Waals surface area contributed by atoms with Gasteiger partial charge in [-0.05, 0) is 66.9 Å². The predicted molar refractivity (Wildman–Crippen MR) is 147 cm³/mol. The van der Waals surface area contributed by atoms with E-state index in [0.717, 1.165) is 29.0 Å². The van der Waals surface area contributed by atoms with Crippen molar-refractivity contribution in [2.75, 3.05) is 17.7 Å². The van der Waals surface area contributed by atoms with E-state index in [0.29, 0.717) is 44.3 Å². The number of nitrogens with zero attached hydrogens (tertiary/aromatic N) is 3.